The Morgan fingerprint density at radius 1 is 0.780 bits per heavy atom. The number of rotatable bonds is 25. The topological polar surface area (TPSA) is 258 Å². The fraction of sp³-hybridized carbons (Fsp3) is 0.538. The van der Waals surface area contributed by atoms with Gasteiger partial charge in [0.1, 0.15) is 17.9 Å². The number of likely N-dealkylation sites (tertiary alicyclic amines) is 1. The first-order chi connectivity index (χ1) is 43.2. The first-order valence-electron chi connectivity index (χ1n) is 31.3. The first kappa shape index (κ1) is 69.1. The van der Waals surface area contributed by atoms with E-state index in [0.717, 1.165) is 66.6 Å². The highest BCUT2D eigenvalue weighted by Crippen LogP contribution is 2.38. The highest BCUT2D eigenvalue weighted by molar-refractivity contribution is 7.13. The quantitative estimate of drug-likeness (QED) is 0.0239. The van der Waals surface area contributed by atoms with Crippen molar-refractivity contribution in [2.24, 2.45) is 5.41 Å². The van der Waals surface area contributed by atoms with Crippen molar-refractivity contribution < 1.29 is 51.4 Å². The van der Waals surface area contributed by atoms with Crippen molar-refractivity contribution >= 4 is 64.1 Å². The summed E-state index contributed by atoms with van der Waals surface area (Å²) in [5.41, 5.74) is 1.31. The molecule has 6 heterocycles. The zero-order chi connectivity index (χ0) is 65.7. The fourth-order valence-corrected chi connectivity index (χ4v) is 12.6. The predicted molar refractivity (Wildman–Crippen MR) is 341 cm³/mol. The summed E-state index contributed by atoms with van der Waals surface area (Å²) in [6.07, 6.45) is 5.30. The van der Waals surface area contributed by atoms with Crippen LogP contribution in [0.2, 0.25) is 0 Å². The second-order valence-corrected chi connectivity index (χ2v) is 26.1. The number of aryl methyl sites for hydroxylation is 1. The average Bonchev–Trinajstić information content (AvgIpc) is 1.33. The molecule has 0 saturated carbocycles. The Morgan fingerprint density at radius 2 is 1.43 bits per heavy atom. The van der Waals surface area contributed by atoms with Gasteiger partial charge in [-0.15, -0.1) is 11.3 Å². The van der Waals surface area contributed by atoms with Gasteiger partial charge in [0.25, 0.3) is 5.91 Å². The molecule has 492 valence electrons. The van der Waals surface area contributed by atoms with Crippen molar-refractivity contribution in [1.82, 2.24) is 50.6 Å². The number of unbranched alkanes of at least 4 members (excludes halogenated alkanes) is 7. The number of aliphatic hydroxyl groups excluding tert-OH is 1. The van der Waals surface area contributed by atoms with Gasteiger partial charge in [0.15, 0.2) is 0 Å². The number of likely N-dealkylation sites (N-methyl/N-ethyl adjacent to an activating group) is 1. The monoisotopic (exact) mass is 1280 g/mol. The lowest BCUT2D eigenvalue weighted by Gasteiger charge is -2.44. The second kappa shape index (κ2) is 31.0. The smallest absolute Gasteiger partial charge is 0.391 e. The Bertz CT molecular complexity index is 3390. The first-order valence-corrected chi connectivity index (χ1v) is 32.2. The minimum absolute atomic E-state index is 0.000925. The molecule has 3 aromatic heterocycles. The summed E-state index contributed by atoms with van der Waals surface area (Å²) in [5.74, 6) is -2.85. The maximum absolute atomic E-state index is 16.2. The molecule has 6 N–H and O–H groups in total. The number of nitrogens with one attached hydrogen (secondary N) is 5. The van der Waals surface area contributed by atoms with Gasteiger partial charge < -0.3 is 51.0 Å². The maximum Gasteiger partial charge on any atom is 0.417 e. The third-order valence-electron chi connectivity index (χ3n) is 17.3. The highest BCUT2D eigenvalue weighted by atomic mass is 32.1. The van der Waals surface area contributed by atoms with Crippen LogP contribution in [0.5, 0.6) is 0 Å². The van der Waals surface area contributed by atoms with Gasteiger partial charge in [-0.05, 0) is 69.3 Å². The number of aliphatic hydroxyl groups is 1. The molecule has 3 aliphatic heterocycles. The van der Waals surface area contributed by atoms with Crippen molar-refractivity contribution in [1.29, 1.82) is 0 Å². The van der Waals surface area contributed by atoms with Crippen LogP contribution >= 0.6 is 11.3 Å². The molecule has 8 rings (SSSR count). The van der Waals surface area contributed by atoms with Crippen LogP contribution < -0.4 is 36.6 Å². The number of thiazole rings is 1. The Hall–Kier alpha value is -7.84. The van der Waals surface area contributed by atoms with E-state index in [9.17, 15) is 51.8 Å². The van der Waals surface area contributed by atoms with Crippen molar-refractivity contribution in [3.05, 3.63) is 105 Å². The van der Waals surface area contributed by atoms with Crippen LogP contribution in [0.15, 0.2) is 71.4 Å². The molecule has 3 saturated heterocycles. The van der Waals surface area contributed by atoms with Crippen molar-refractivity contribution in [2.45, 2.75) is 162 Å². The number of nitrogens with zero attached hydrogens (tertiary/aromatic N) is 8. The largest absolute Gasteiger partial charge is 0.417 e. The minimum Gasteiger partial charge on any atom is -0.391 e. The normalized spacial score (nSPS) is 18.5. The number of halogens is 4. The standard InChI is InChI=1S/C65H85F4N13O8S/c1-40-36-81(37-41(2)78(40)7)52-31-50(66)47(29-51(52)76-60(88)48-35-71-56(86)30-49(48)65(67,68)69)45-33-73-63(74-34-45)80-26-24-79(25-27-80)57(87)22-21-54(84)70-23-15-13-11-9-8-10-12-14-16-55(85)77-59(64(4,5)6)62(90)82-38-46(83)28-53(82)61(89)72-32-43-17-19-44(20-18-43)58-42(3)75-39-91-58/h17-20,29-31,33-35,39-41,46,53,59,83H,8-16,21-28,32,36-38H2,1-7H3,(H,70,84)(H,71,86)(H,72,89)(H,76,88)(H,77,85)/t40-,41+,46-,53+,59?/m1/s1. The molecule has 21 nitrogen and oxygen atoms in total. The molecule has 5 atom stereocenters. The number of carbonyl (C=O) groups is 6. The average molecular weight is 1280 g/mol. The molecule has 2 aromatic carbocycles. The van der Waals surface area contributed by atoms with E-state index in [1.165, 1.54) is 29.4 Å². The third kappa shape index (κ3) is 18.4. The molecule has 3 fully saturated rings. The summed E-state index contributed by atoms with van der Waals surface area (Å²) in [7, 11) is 1.96. The van der Waals surface area contributed by atoms with E-state index in [0.29, 0.717) is 70.4 Å². The summed E-state index contributed by atoms with van der Waals surface area (Å²) >= 11 is 1.57. The molecule has 0 bridgehead atoms. The number of hydrogen-bond acceptors (Lipinski definition) is 15. The van der Waals surface area contributed by atoms with E-state index in [-0.39, 0.29) is 97.0 Å². The number of hydrogen-bond donors (Lipinski definition) is 6. The number of benzene rings is 2. The molecule has 91 heavy (non-hydrogen) atoms. The minimum atomic E-state index is -5.01. The van der Waals surface area contributed by atoms with E-state index >= 15 is 4.39 Å². The Labute approximate surface area is 532 Å². The van der Waals surface area contributed by atoms with Gasteiger partial charge in [-0.25, -0.2) is 19.3 Å². The zero-order valence-corrected chi connectivity index (χ0v) is 53.7. The molecule has 6 amide bonds. The number of piperazine rings is 2. The molecule has 0 aliphatic carbocycles. The molecule has 26 heteroatoms. The van der Waals surface area contributed by atoms with Crippen LogP contribution in [0, 0.1) is 18.2 Å². The number of aromatic nitrogens is 4. The number of alkyl halides is 3. The number of carbonyl (C=O) groups excluding carboxylic acids is 6. The van der Waals surface area contributed by atoms with E-state index in [1.54, 1.807) is 21.7 Å². The van der Waals surface area contributed by atoms with Crippen molar-refractivity contribution in [3.8, 4) is 21.6 Å². The summed E-state index contributed by atoms with van der Waals surface area (Å²) in [5, 5.41) is 22.0. The number of anilines is 3. The van der Waals surface area contributed by atoms with E-state index in [2.05, 4.69) is 46.1 Å². The Morgan fingerprint density at radius 3 is 2.05 bits per heavy atom. The van der Waals surface area contributed by atoms with Gasteiger partial charge in [-0.3, -0.25) is 38.5 Å². The number of β-amino-alcohol motifs (C(OH)–C–C–N with tert-alkyl or cyclic N) is 1. The molecule has 3 aliphatic rings. The van der Waals surface area contributed by atoms with Gasteiger partial charge >= 0.3 is 6.18 Å². The van der Waals surface area contributed by atoms with E-state index in [1.807, 2.05) is 82.7 Å². The van der Waals surface area contributed by atoms with Crippen LogP contribution in [0.4, 0.5) is 34.9 Å². The molecular formula is C65H85F4N13O8S. The lowest BCUT2D eigenvalue weighted by molar-refractivity contribution is -0.144. The Kier molecular flexibility index (Phi) is 23.5. The lowest BCUT2D eigenvalue weighted by atomic mass is 9.85. The number of pyridine rings is 1. The molecule has 5 aromatic rings. The number of aromatic amines is 1. The third-order valence-corrected chi connectivity index (χ3v) is 18.3. The van der Waals surface area contributed by atoms with Crippen LogP contribution in [-0.4, -0.2) is 165 Å². The SMILES string of the molecule is Cc1ncsc1-c1ccc(CNC(=O)[C@@H]2C[C@@H](O)CN2C(=O)C(NC(=O)CCCCCCCCCCNC(=O)CCC(=O)N2CCN(c3ncc(-c4cc(NC(=O)c5c[nH]c(=O)cc5C(F)(F)F)c(N5C[C@@H](C)N(C)[C@@H](C)C5)cc4F)cn3)CC2)C(C)(C)C)cc1. The molecule has 0 spiro atoms. The van der Waals surface area contributed by atoms with Gasteiger partial charge in [0.2, 0.25) is 41.0 Å². The van der Waals surface area contributed by atoms with Gasteiger partial charge in [0, 0.05) is 132 Å². The summed E-state index contributed by atoms with van der Waals surface area (Å²) in [6.45, 7) is 14.7. The van der Waals surface area contributed by atoms with Crippen molar-refractivity contribution in [3.63, 3.8) is 0 Å². The predicted octanol–water partition coefficient (Wildman–Crippen LogP) is 8.07. The second-order valence-electron chi connectivity index (χ2n) is 25.2. The van der Waals surface area contributed by atoms with Crippen LogP contribution in [-0.2, 0) is 36.7 Å². The maximum atomic E-state index is 16.2. The highest BCUT2D eigenvalue weighted by Gasteiger charge is 2.45. The molecule has 1 unspecified atom stereocenters. The van der Waals surface area contributed by atoms with Gasteiger partial charge in [-0.1, -0.05) is 83.6 Å². The van der Waals surface area contributed by atoms with Crippen LogP contribution in [0.1, 0.15) is 139 Å². The lowest BCUT2D eigenvalue weighted by Crippen LogP contribution is -2.57. The van der Waals surface area contributed by atoms with Crippen LogP contribution in [0.25, 0.3) is 21.6 Å². The van der Waals surface area contributed by atoms with E-state index in [4.69, 9.17) is 0 Å². The van der Waals surface area contributed by atoms with Gasteiger partial charge in [-0.2, -0.15) is 13.2 Å². The van der Waals surface area contributed by atoms with Crippen LogP contribution in [0.3, 0.4) is 0 Å². The van der Waals surface area contributed by atoms with Crippen molar-refractivity contribution in [2.75, 3.05) is 74.5 Å². The zero-order valence-electron chi connectivity index (χ0n) is 52.9. The molecule has 0 radical (unpaired) electrons. The summed E-state index contributed by atoms with van der Waals surface area (Å²) in [4.78, 5) is 118. The number of amides is 6. The number of H-pyrrole nitrogens is 1. The van der Waals surface area contributed by atoms with Gasteiger partial charge in [0.05, 0.1) is 44.7 Å². The summed E-state index contributed by atoms with van der Waals surface area (Å²) < 4.78 is 58.2. The van der Waals surface area contributed by atoms with E-state index < -0.39 is 64.1 Å². The summed E-state index contributed by atoms with van der Waals surface area (Å²) in [6, 6.07) is 9.03. The fourth-order valence-electron chi connectivity index (χ4n) is 11.8. The Balaban J connectivity index is 0.696. The molecular weight excluding hydrogens is 1200 g/mol.